The molecule has 1 N–H and O–H groups in total. The van der Waals surface area contributed by atoms with Gasteiger partial charge in [-0.25, -0.2) is 0 Å². The Hall–Kier alpha value is 0.100. The highest BCUT2D eigenvalue weighted by Gasteiger charge is 2.29. The number of alkyl halides is 3. The van der Waals surface area contributed by atoms with Crippen LogP contribution in [0, 0.1) is 5.92 Å². The zero-order valence-corrected chi connectivity index (χ0v) is 11.2. The third kappa shape index (κ3) is 7.19. The molecule has 0 radical (unpaired) electrons. The predicted octanol–water partition coefficient (Wildman–Crippen LogP) is 3.84. The molecule has 1 fully saturated rings. The van der Waals surface area contributed by atoms with E-state index in [2.05, 4.69) is 5.32 Å². The second-order valence-corrected chi connectivity index (χ2v) is 5.92. The van der Waals surface area contributed by atoms with Gasteiger partial charge < -0.3 is 5.32 Å². The first-order valence-electron chi connectivity index (χ1n) is 6.39. The molecule has 0 aromatic heterocycles. The number of hydrogen-bond acceptors (Lipinski definition) is 2. The van der Waals surface area contributed by atoms with Gasteiger partial charge >= 0.3 is 6.18 Å². The number of nitrogens with one attached hydrogen (secondary N) is 1. The van der Waals surface area contributed by atoms with Crippen molar-refractivity contribution in [2.45, 2.75) is 51.2 Å². The van der Waals surface area contributed by atoms with E-state index in [9.17, 15) is 13.2 Å². The van der Waals surface area contributed by atoms with Crippen molar-refractivity contribution in [2.75, 3.05) is 18.1 Å². The maximum Gasteiger partial charge on any atom is 0.389 e. The lowest BCUT2D eigenvalue weighted by atomic mass is 9.92. The van der Waals surface area contributed by atoms with Crippen LogP contribution in [0.4, 0.5) is 13.2 Å². The van der Waals surface area contributed by atoms with Gasteiger partial charge in [0.15, 0.2) is 0 Å². The van der Waals surface area contributed by atoms with E-state index in [0.29, 0.717) is 5.92 Å². The van der Waals surface area contributed by atoms with Gasteiger partial charge in [0.25, 0.3) is 0 Å². The lowest BCUT2D eigenvalue weighted by Crippen LogP contribution is -2.33. The molecule has 1 atom stereocenters. The van der Waals surface area contributed by atoms with Crippen LogP contribution < -0.4 is 5.32 Å². The molecule has 0 amide bonds. The lowest BCUT2D eigenvalue weighted by molar-refractivity contribution is -0.136. The molecule has 1 nitrogen and oxygen atoms in total. The van der Waals surface area contributed by atoms with E-state index in [4.69, 9.17) is 0 Å². The van der Waals surface area contributed by atoms with E-state index in [1.54, 1.807) is 0 Å². The largest absolute Gasteiger partial charge is 0.389 e. The normalized spacial score (nSPS) is 20.5. The topological polar surface area (TPSA) is 12.0 Å². The van der Waals surface area contributed by atoms with E-state index in [1.165, 1.54) is 24.3 Å². The van der Waals surface area contributed by atoms with Gasteiger partial charge in [0, 0.05) is 12.5 Å². The van der Waals surface area contributed by atoms with E-state index >= 15 is 0 Å². The van der Waals surface area contributed by atoms with Crippen molar-refractivity contribution >= 4 is 11.8 Å². The molecular formula is C12H22F3NS. The fraction of sp³-hybridized carbons (Fsp3) is 1.00. The monoisotopic (exact) mass is 269 g/mol. The Balaban J connectivity index is 2.31. The van der Waals surface area contributed by atoms with Gasteiger partial charge in [0.2, 0.25) is 0 Å². The molecular weight excluding hydrogens is 247 g/mol. The van der Waals surface area contributed by atoms with Crippen LogP contribution in [0.5, 0.6) is 0 Å². The quantitative estimate of drug-likeness (QED) is 0.786. The first kappa shape index (κ1) is 15.2. The number of hydrogen-bond donors (Lipinski definition) is 1. The Morgan fingerprint density at radius 2 is 1.94 bits per heavy atom. The van der Waals surface area contributed by atoms with E-state index in [1.807, 2.05) is 18.7 Å². The highest BCUT2D eigenvalue weighted by atomic mass is 32.2. The van der Waals surface area contributed by atoms with E-state index in [-0.39, 0.29) is 12.5 Å². The van der Waals surface area contributed by atoms with Crippen LogP contribution in [-0.4, -0.2) is 30.3 Å². The maximum atomic E-state index is 12.2. The van der Waals surface area contributed by atoms with Gasteiger partial charge in [0.1, 0.15) is 0 Å². The minimum Gasteiger partial charge on any atom is -0.314 e. The van der Waals surface area contributed by atoms with Crippen LogP contribution in [-0.2, 0) is 0 Å². The third-order valence-corrected chi connectivity index (χ3v) is 4.28. The molecule has 102 valence electrons. The molecule has 5 heteroatoms. The van der Waals surface area contributed by atoms with Gasteiger partial charge in [-0.2, -0.15) is 24.9 Å². The Kier molecular flexibility index (Phi) is 6.70. The Morgan fingerprint density at radius 1 is 1.29 bits per heavy atom. The first-order valence-corrected chi connectivity index (χ1v) is 7.54. The highest BCUT2D eigenvalue weighted by Crippen LogP contribution is 2.29. The average molecular weight is 269 g/mol. The van der Waals surface area contributed by atoms with Crippen molar-refractivity contribution in [3.63, 3.8) is 0 Å². The van der Waals surface area contributed by atoms with Crippen LogP contribution in [0.25, 0.3) is 0 Å². The molecule has 0 aromatic rings. The van der Waals surface area contributed by atoms with Crippen LogP contribution in [0.3, 0.4) is 0 Å². The molecule has 1 aliphatic heterocycles. The SMILES string of the molecule is CCNC(CCC(F)(F)F)CC1CCSCC1. The molecule has 0 bridgehead atoms. The summed E-state index contributed by atoms with van der Waals surface area (Å²) in [6.45, 7) is 2.71. The zero-order chi connectivity index (χ0) is 12.7. The standard InChI is InChI=1S/C12H22F3NS/c1-2-16-11(3-6-12(13,14)15)9-10-4-7-17-8-5-10/h10-11,16H,2-9H2,1H3. The molecule has 1 saturated heterocycles. The molecule has 1 aliphatic rings. The summed E-state index contributed by atoms with van der Waals surface area (Å²) >= 11 is 1.96. The summed E-state index contributed by atoms with van der Waals surface area (Å²) in [4.78, 5) is 0. The molecule has 1 unspecified atom stereocenters. The Labute approximate surface area is 106 Å². The Bertz CT molecular complexity index is 202. The summed E-state index contributed by atoms with van der Waals surface area (Å²) in [7, 11) is 0. The lowest BCUT2D eigenvalue weighted by Gasteiger charge is -2.27. The smallest absolute Gasteiger partial charge is 0.314 e. The summed E-state index contributed by atoms with van der Waals surface area (Å²) < 4.78 is 36.6. The van der Waals surface area contributed by atoms with Crippen molar-refractivity contribution < 1.29 is 13.2 Å². The third-order valence-electron chi connectivity index (χ3n) is 3.23. The molecule has 0 saturated carbocycles. The fourth-order valence-corrected chi connectivity index (χ4v) is 3.52. The molecule has 0 aliphatic carbocycles. The van der Waals surface area contributed by atoms with Crippen molar-refractivity contribution in [1.82, 2.24) is 5.32 Å². The van der Waals surface area contributed by atoms with Crippen LogP contribution in [0.2, 0.25) is 0 Å². The van der Waals surface area contributed by atoms with Crippen molar-refractivity contribution in [1.29, 1.82) is 0 Å². The minimum atomic E-state index is -4.02. The molecule has 17 heavy (non-hydrogen) atoms. The van der Waals surface area contributed by atoms with Crippen molar-refractivity contribution in [3.05, 3.63) is 0 Å². The van der Waals surface area contributed by atoms with E-state index in [0.717, 1.165) is 13.0 Å². The summed E-state index contributed by atoms with van der Waals surface area (Å²) in [5.41, 5.74) is 0. The molecule has 0 spiro atoms. The summed E-state index contributed by atoms with van der Waals surface area (Å²) in [6.07, 6.45) is -1.22. The van der Waals surface area contributed by atoms with Crippen LogP contribution >= 0.6 is 11.8 Å². The number of halogens is 3. The average Bonchev–Trinajstić information content (AvgIpc) is 2.27. The summed E-state index contributed by atoms with van der Waals surface area (Å²) in [6, 6.07) is 0.0368. The van der Waals surface area contributed by atoms with Crippen molar-refractivity contribution in [3.8, 4) is 0 Å². The van der Waals surface area contributed by atoms with Crippen LogP contribution in [0.1, 0.15) is 39.0 Å². The second-order valence-electron chi connectivity index (χ2n) is 4.70. The van der Waals surface area contributed by atoms with Gasteiger partial charge in [0.05, 0.1) is 0 Å². The van der Waals surface area contributed by atoms with E-state index < -0.39 is 12.6 Å². The minimum absolute atomic E-state index is 0.0368. The van der Waals surface area contributed by atoms with Crippen LogP contribution in [0.15, 0.2) is 0 Å². The van der Waals surface area contributed by atoms with Gasteiger partial charge in [-0.05, 0) is 49.7 Å². The van der Waals surface area contributed by atoms with Gasteiger partial charge in [-0.1, -0.05) is 6.92 Å². The number of rotatable bonds is 6. The maximum absolute atomic E-state index is 12.2. The Morgan fingerprint density at radius 3 is 2.47 bits per heavy atom. The van der Waals surface area contributed by atoms with Gasteiger partial charge in [-0.15, -0.1) is 0 Å². The number of thioether (sulfide) groups is 1. The zero-order valence-electron chi connectivity index (χ0n) is 10.4. The fourth-order valence-electron chi connectivity index (χ4n) is 2.31. The second kappa shape index (κ2) is 7.52. The summed E-state index contributed by atoms with van der Waals surface area (Å²) in [5.74, 6) is 2.96. The highest BCUT2D eigenvalue weighted by molar-refractivity contribution is 7.99. The molecule has 1 heterocycles. The molecule has 1 rings (SSSR count). The van der Waals surface area contributed by atoms with Gasteiger partial charge in [-0.3, -0.25) is 0 Å². The van der Waals surface area contributed by atoms with Crippen molar-refractivity contribution in [2.24, 2.45) is 5.92 Å². The molecule has 0 aromatic carbocycles. The first-order chi connectivity index (χ1) is 8.01. The summed E-state index contributed by atoms with van der Waals surface area (Å²) in [5, 5.41) is 3.20. The predicted molar refractivity (Wildman–Crippen MR) is 67.4 cm³/mol.